The van der Waals surface area contributed by atoms with E-state index in [1.54, 1.807) is 0 Å². The van der Waals surface area contributed by atoms with Gasteiger partial charge < -0.3 is 19.4 Å². The summed E-state index contributed by atoms with van der Waals surface area (Å²) in [5, 5.41) is 3.91. The van der Waals surface area contributed by atoms with Crippen LogP contribution in [-0.2, 0) is 16.1 Å². The molecule has 0 spiro atoms. The molecule has 0 atom stereocenters. The molecule has 4 rings (SSSR count). The Hall–Kier alpha value is -2.90. The zero-order chi connectivity index (χ0) is 20.1. The SMILES string of the molecule is O=C(COc1ccc(F)cc1)Nc1ccc2c(ccn2CCN2CCOCC2)c1. The summed E-state index contributed by atoms with van der Waals surface area (Å²) in [6.45, 7) is 5.35. The highest BCUT2D eigenvalue weighted by atomic mass is 19.1. The summed E-state index contributed by atoms with van der Waals surface area (Å²) in [5.74, 6) is -0.151. The van der Waals surface area contributed by atoms with Gasteiger partial charge in [-0.15, -0.1) is 0 Å². The van der Waals surface area contributed by atoms with E-state index in [4.69, 9.17) is 9.47 Å². The molecule has 1 amide bonds. The summed E-state index contributed by atoms with van der Waals surface area (Å²) in [6.07, 6.45) is 2.08. The number of aromatic nitrogens is 1. The summed E-state index contributed by atoms with van der Waals surface area (Å²) in [4.78, 5) is 14.5. The monoisotopic (exact) mass is 397 g/mol. The highest BCUT2D eigenvalue weighted by Gasteiger charge is 2.11. The van der Waals surface area contributed by atoms with Crippen molar-refractivity contribution in [3.05, 3.63) is 60.5 Å². The molecule has 1 saturated heterocycles. The standard InChI is InChI=1S/C22H24FN3O3/c23-18-1-4-20(5-2-18)29-16-22(27)24-19-3-6-21-17(15-19)7-8-26(21)10-9-25-11-13-28-14-12-25/h1-8,15H,9-14,16H2,(H,24,27). The van der Waals surface area contributed by atoms with Crippen LogP contribution in [0, 0.1) is 5.82 Å². The van der Waals surface area contributed by atoms with E-state index in [9.17, 15) is 9.18 Å². The first-order valence-corrected chi connectivity index (χ1v) is 9.74. The van der Waals surface area contributed by atoms with Gasteiger partial charge in [0.15, 0.2) is 6.61 Å². The normalized spacial score (nSPS) is 14.8. The van der Waals surface area contributed by atoms with Crippen LogP contribution in [0.1, 0.15) is 0 Å². The smallest absolute Gasteiger partial charge is 0.262 e. The first-order chi connectivity index (χ1) is 14.2. The first-order valence-electron chi connectivity index (χ1n) is 9.74. The lowest BCUT2D eigenvalue weighted by atomic mass is 10.2. The molecule has 0 aliphatic carbocycles. The van der Waals surface area contributed by atoms with Crippen LogP contribution in [-0.4, -0.2) is 54.8 Å². The second kappa shape index (κ2) is 9.07. The molecule has 152 valence electrons. The highest BCUT2D eigenvalue weighted by molar-refractivity contribution is 5.94. The topological polar surface area (TPSA) is 55.7 Å². The van der Waals surface area contributed by atoms with Crippen LogP contribution in [0.2, 0.25) is 0 Å². The number of ether oxygens (including phenoxy) is 2. The van der Waals surface area contributed by atoms with Gasteiger partial charge in [-0.1, -0.05) is 0 Å². The lowest BCUT2D eigenvalue weighted by Crippen LogP contribution is -2.38. The molecule has 7 heteroatoms. The molecule has 1 aromatic heterocycles. The van der Waals surface area contributed by atoms with Crippen molar-refractivity contribution in [1.29, 1.82) is 0 Å². The van der Waals surface area contributed by atoms with Crippen LogP contribution in [0.4, 0.5) is 10.1 Å². The van der Waals surface area contributed by atoms with Crippen molar-refractivity contribution in [1.82, 2.24) is 9.47 Å². The third kappa shape index (κ3) is 5.13. The van der Waals surface area contributed by atoms with Crippen molar-refractivity contribution in [2.24, 2.45) is 0 Å². The van der Waals surface area contributed by atoms with E-state index in [0.29, 0.717) is 5.75 Å². The van der Waals surface area contributed by atoms with Crippen LogP contribution in [0.25, 0.3) is 10.9 Å². The Balaban J connectivity index is 1.32. The Morgan fingerprint density at radius 2 is 1.86 bits per heavy atom. The summed E-state index contributed by atoms with van der Waals surface area (Å²) in [7, 11) is 0. The number of fused-ring (bicyclic) bond motifs is 1. The number of carbonyl (C=O) groups is 1. The predicted molar refractivity (Wildman–Crippen MR) is 110 cm³/mol. The fraction of sp³-hybridized carbons (Fsp3) is 0.318. The minimum atomic E-state index is -0.341. The van der Waals surface area contributed by atoms with Crippen molar-refractivity contribution in [2.75, 3.05) is 44.8 Å². The Kier molecular flexibility index (Phi) is 6.07. The number of halogens is 1. The largest absolute Gasteiger partial charge is 0.484 e. The Labute approximate surface area is 168 Å². The number of nitrogens with one attached hydrogen (secondary N) is 1. The predicted octanol–water partition coefficient (Wildman–Crippen LogP) is 3.13. The molecule has 0 bridgehead atoms. The Morgan fingerprint density at radius 1 is 1.07 bits per heavy atom. The minimum Gasteiger partial charge on any atom is -0.484 e. The van der Waals surface area contributed by atoms with E-state index < -0.39 is 0 Å². The molecule has 0 radical (unpaired) electrons. The maximum Gasteiger partial charge on any atom is 0.262 e. The van der Waals surface area contributed by atoms with Crippen molar-refractivity contribution in [3.63, 3.8) is 0 Å². The van der Waals surface area contributed by atoms with Crippen molar-refractivity contribution < 1.29 is 18.7 Å². The van der Waals surface area contributed by atoms with Crippen molar-refractivity contribution in [3.8, 4) is 5.75 Å². The van der Waals surface area contributed by atoms with E-state index in [2.05, 4.69) is 27.0 Å². The van der Waals surface area contributed by atoms with Gasteiger partial charge in [-0.25, -0.2) is 4.39 Å². The summed E-state index contributed by atoms with van der Waals surface area (Å²) < 4.78 is 25.9. The second-order valence-corrected chi connectivity index (χ2v) is 7.03. The third-order valence-corrected chi connectivity index (χ3v) is 5.00. The van der Waals surface area contributed by atoms with Crippen LogP contribution in [0.3, 0.4) is 0 Å². The van der Waals surface area contributed by atoms with Gasteiger partial charge in [0.1, 0.15) is 11.6 Å². The number of rotatable bonds is 7. The van der Waals surface area contributed by atoms with Gasteiger partial charge >= 0.3 is 0 Å². The summed E-state index contributed by atoms with van der Waals surface area (Å²) in [5.41, 5.74) is 1.86. The molecule has 2 heterocycles. The van der Waals surface area contributed by atoms with E-state index >= 15 is 0 Å². The molecule has 1 N–H and O–H groups in total. The molecule has 29 heavy (non-hydrogen) atoms. The molecule has 0 unspecified atom stereocenters. The van der Waals surface area contributed by atoms with Gasteiger partial charge in [0, 0.05) is 49.0 Å². The molecular formula is C22H24FN3O3. The number of benzene rings is 2. The molecule has 1 aliphatic rings. The Morgan fingerprint density at radius 3 is 2.66 bits per heavy atom. The van der Waals surface area contributed by atoms with E-state index in [-0.39, 0.29) is 18.3 Å². The molecular weight excluding hydrogens is 373 g/mol. The summed E-state index contributed by atoms with van der Waals surface area (Å²) >= 11 is 0. The maximum atomic E-state index is 12.9. The molecule has 1 aliphatic heterocycles. The fourth-order valence-electron chi connectivity index (χ4n) is 3.42. The van der Waals surface area contributed by atoms with Crippen LogP contribution in [0.5, 0.6) is 5.75 Å². The van der Waals surface area contributed by atoms with Gasteiger partial charge in [-0.05, 0) is 48.5 Å². The average Bonchev–Trinajstić information content (AvgIpc) is 3.15. The number of nitrogens with zero attached hydrogens (tertiary/aromatic N) is 2. The fourth-order valence-corrected chi connectivity index (χ4v) is 3.42. The third-order valence-electron chi connectivity index (χ3n) is 5.00. The number of hydrogen-bond acceptors (Lipinski definition) is 4. The molecule has 1 fully saturated rings. The number of anilines is 1. The van der Waals surface area contributed by atoms with E-state index in [1.807, 2.05) is 18.2 Å². The van der Waals surface area contributed by atoms with Gasteiger partial charge in [0.2, 0.25) is 0 Å². The van der Waals surface area contributed by atoms with E-state index in [0.717, 1.165) is 56.0 Å². The lowest BCUT2D eigenvalue weighted by molar-refractivity contribution is -0.118. The van der Waals surface area contributed by atoms with Gasteiger partial charge in [0.25, 0.3) is 5.91 Å². The zero-order valence-corrected chi connectivity index (χ0v) is 16.1. The van der Waals surface area contributed by atoms with Crippen LogP contribution >= 0.6 is 0 Å². The van der Waals surface area contributed by atoms with E-state index in [1.165, 1.54) is 24.3 Å². The molecule has 3 aromatic rings. The van der Waals surface area contributed by atoms with Gasteiger partial charge in [-0.3, -0.25) is 9.69 Å². The zero-order valence-electron chi connectivity index (χ0n) is 16.1. The number of morpholine rings is 1. The molecule has 6 nitrogen and oxygen atoms in total. The van der Waals surface area contributed by atoms with Crippen molar-refractivity contribution in [2.45, 2.75) is 6.54 Å². The van der Waals surface area contributed by atoms with Gasteiger partial charge in [-0.2, -0.15) is 0 Å². The Bertz CT molecular complexity index is 965. The molecule has 0 saturated carbocycles. The highest BCUT2D eigenvalue weighted by Crippen LogP contribution is 2.21. The summed E-state index contributed by atoms with van der Waals surface area (Å²) in [6, 6.07) is 13.5. The number of amides is 1. The average molecular weight is 397 g/mol. The van der Waals surface area contributed by atoms with Gasteiger partial charge in [0.05, 0.1) is 13.2 Å². The van der Waals surface area contributed by atoms with Crippen LogP contribution < -0.4 is 10.1 Å². The quantitative estimate of drug-likeness (QED) is 0.666. The minimum absolute atomic E-state index is 0.135. The number of hydrogen-bond donors (Lipinski definition) is 1. The first kappa shape index (κ1) is 19.4. The maximum absolute atomic E-state index is 12.9. The number of carbonyl (C=O) groups excluding carboxylic acids is 1. The van der Waals surface area contributed by atoms with Crippen LogP contribution in [0.15, 0.2) is 54.7 Å². The molecule has 2 aromatic carbocycles. The second-order valence-electron chi connectivity index (χ2n) is 7.03. The van der Waals surface area contributed by atoms with Crippen molar-refractivity contribution >= 4 is 22.5 Å². The lowest BCUT2D eigenvalue weighted by Gasteiger charge is -2.26.